The van der Waals surface area contributed by atoms with Crippen LogP contribution in [-0.2, 0) is 0 Å². The van der Waals surface area contributed by atoms with Crippen LogP contribution in [-0.4, -0.2) is 18.9 Å². The Morgan fingerprint density at radius 1 is 0.900 bits per heavy atom. The normalized spacial score (nSPS) is 10.6. The summed E-state index contributed by atoms with van der Waals surface area (Å²) in [6.45, 7) is 8.34. The molecule has 0 N–H and O–H groups in total. The van der Waals surface area contributed by atoms with Crippen molar-refractivity contribution in [1.82, 2.24) is 0 Å². The van der Waals surface area contributed by atoms with Gasteiger partial charge in [0.2, 0.25) is 0 Å². The van der Waals surface area contributed by atoms with Gasteiger partial charge in [-0.3, -0.25) is 4.79 Å². The highest BCUT2D eigenvalue weighted by Gasteiger charge is 2.07. The van der Waals surface area contributed by atoms with Crippen LogP contribution in [0.15, 0.2) is 24.3 Å². The molecule has 0 saturated heterocycles. The molecule has 0 fully saturated rings. The van der Waals surface area contributed by atoms with Crippen molar-refractivity contribution < 1.29 is 4.79 Å². The lowest BCUT2D eigenvalue weighted by Gasteiger charge is -2.25. The minimum Gasteiger partial charge on any atom is -0.372 e. The molecule has 0 unspecified atom stereocenters. The quantitative estimate of drug-likeness (QED) is 0.438. The van der Waals surface area contributed by atoms with E-state index >= 15 is 0 Å². The molecule has 112 valence electrons. The molecular formula is C18H29NO. The summed E-state index contributed by atoms with van der Waals surface area (Å²) >= 11 is 0. The zero-order chi connectivity index (χ0) is 14.8. The van der Waals surface area contributed by atoms with Crippen molar-refractivity contribution in [3.63, 3.8) is 0 Å². The fourth-order valence-electron chi connectivity index (χ4n) is 2.38. The van der Waals surface area contributed by atoms with Crippen LogP contribution in [0.2, 0.25) is 0 Å². The van der Waals surface area contributed by atoms with Gasteiger partial charge >= 0.3 is 0 Å². The lowest BCUT2D eigenvalue weighted by atomic mass is 10.1. The number of carbonyl (C=O) groups is 1. The summed E-state index contributed by atoms with van der Waals surface area (Å²) in [7, 11) is 0. The van der Waals surface area contributed by atoms with Crippen molar-refractivity contribution in [1.29, 1.82) is 0 Å². The molecule has 0 saturated carbocycles. The average Bonchev–Trinajstić information content (AvgIpc) is 2.46. The van der Waals surface area contributed by atoms with Crippen molar-refractivity contribution in [3.8, 4) is 0 Å². The molecule has 20 heavy (non-hydrogen) atoms. The van der Waals surface area contributed by atoms with E-state index in [9.17, 15) is 4.79 Å². The van der Waals surface area contributed by atoms with E-state index in [0.717, 1.165) is 18.7 Å². The molecule has 0 radical (unpaired) electrons. The van der Waals surface area contributed by atoms with Gasteiger partial charge in [0.05, 0.1) is 0 Å². The van der Waals surface area contributed by atoms with Gasteiger partial charge in [-0.2, -0.15) is 0 Å². The Bertz CT molecular complexity index is 373. The maximum Gasteiger partial charge on any atom is 0.159 e. The van der Waals surface area contributed by atoms with Crippen LogP contribution in [0.1, 0.15) is 69.7 Å². The van der Waals surface area contributed by atoms with Gasteiger partial charge in [-0.05, 0) is 44.0 Å². The fraction of sp³-hybridized carbons (Fsp3) is 0.611. The molecule has 0 aliphatic carbocycles. The molecule has 0 aliphatic heterocycles. The lowest BCUT2D eigenvalue weighted by Crippen LogP contribution is -2.25. The second kappa shape index (κ2) is 9.57. The topological polar surface area (TPSA) is 20.3 Å². The Labute approximate surface area is 124 Å². The summed E-state index contributed by atoms with van der Waals surface area (Å²) in [5.41, 5.74) is 2.05. The third kappa shape index (κ3) is 5.77. The predicted molar refractivity (Wildman–Crippen MR) is 87.7 cm³/mol. The van der Waals surface area contributed by atoms with Gasteiger partial charge in [0, 0.05) is 24.3 Å². The summed E-state index contributed by atoms with van der Waals surface area (Å²) < 4.78 is 0. The first-order valence-electron chi connectivity index (χ1n) is 8.05. The van der Waals surface area contributed by atoms with E-state index in [1.54, 1.807) is 6.92 Å². The molecule has 1 aromatic rings. The van der Waals surface area contributed by atoms with Crippen LogP contribution in [0, 0.1) is 0 Å². The van der Waals surface area contributed by atoms with Crippen LogP contribution in [0.4, 0.5) is 5.69 Å². The molecule has 1 aromatic carbocycles. The highest BCUT2D eigenvalue weighted by atomic mass is 16.1. The standard InChI is InChI=1S/C18H29NO/c1-4-6-8-14-19(15-9-7-5-2)18-12-10-17(11-13-18)16(3)20/h10-13H,4-9,14-15H2,1-3H3. The molecule has 2 heteroatoms. The number of anilines is 1. The molecule has 0 aromatic heterocycles. The number of nitrogens with zero attached hydrogens (tertiary/aromatic N) is 1. The Kier molecular flexibility index (Phi) is 8.01. The Morgan fingerprint density at radius 2 is 1.40 bits per heavy atom. The molecule has 0 spiro atoms. The molecule has 0 aliphatic rings. The largest absolute Gasteiger partial charge is 0.372 e. The average molecular weight is 275 g/mol. The van der Waals surface area contributed by atoms with E-state index < -0.39 is 0 Å². The van der Waals surface area contributed by atoms with Gasteiger partial charge in [0.1, 0.15) is 0 Å². The first-order chi connectivity index (χ1) is 9.69. The summed E-state index contributed by atoms with van der Waals surface area (Å²) in [6, 6.07) is 8.08. The maximum atomic E-state index is 11.3. The van der Waals surface area contributed by atoms with Crippen LogP contribution >= 0.6 is 0 Å². The SMILES string of the molecule is CCCCCN(CCCCC)c1ccc(C(C)=O)cc1. The molecule has 1 rings (SSSR count). The number of hydrogen-bond acceptors (Lipinski definition) is 2. The van der Waals surface area contributed by atoms with Crippen molar-refractivity contribution in [2.75, 3.05) is 18.0 Å². The minimum absolute atomic E-state index is 0.139. The van der Waals surface area contributed by atoms with E-state index in [4.69, 9.17) is 0 Å². The van der Waals surface area contributed by atoms with Gasteiger partial charge in [-0.1, -0.05) is 39.5 Å². The van der Waals surface area contributed by atoms with E-state index in [0.29, 0.717) is 0 Å². The Morgan fingerprint density at radius 3 is 1.80 bits per heavy atom. The van der Waals surface area contributed by atoms with Crippen LogP contribution < -0.4 is 4.90 Å². The fourth-order valence-corrected chi connectivity index (χ4v) is 2.38. The van der Waals surface area contributed by atoms with Gasteiger partial charge < -0.3 is 4.90 Å². The van der Waals surface area contributed by atoms with Gasteiger partial charge in [0.25, 0.3) is 0 Å². The summed E-state index contributed by atoms with van der Waals surface area (Å²) in [5, 5.41) is 0. The van der Waals surface area contributed by atoms with Gasteiger partial charge in [0.15, 0.2) is 5.78 Å². The number of unbranched alkanes of at least 4 members (excludes halogenated alkanes) is 4. The monoisotopic (exact) mass is 275 g/mol. The van der Waals surface area contributed by atoms with Crippen molar-refractivity contribution >= 4 is 11.5 Å². The summed E-state index contributed by atoms with van der Waals surface area (Å²) in [4.78, 5) is 13.8. The number of hydrogen-bond donors (Lipinski definition) is 0. The van der Waals surface area contributed by atoms with Gasteiger partial charge in [-0.25, -0.2) is 0 Å². The van der Waals surface area contributed by atoms with E-state index in [-0.39, 0.29) is 5.78 Å². The third-order valence-electron chi connectivity index (χ3n) is 3.70. The zero-order valence-electron chi connectivity index (χ0n) is 13.3. The van der Waals surface area contributed by atoms with Crippen molar-refractivity contribution in [2.24, 2.45) is 0 Å². The summed E-state index contributed by atoms with van der Waals surface area (Å²) in [6.07, 6.45) is 7.58. The number of Topliss-reactive ketones (excluding diaryl/α,β-unsaturated/α-hetero) is 1. The molecule has 0 heterocycles. The van der Waals surface area contributed by atoms with E-state index in [1.807, 2.05) is 12.1 Å². The first kappa shape index (κ1) is 16.7. The number of carbonyl (C=O) groups excluding carboxylic acids is 1. The minimum atomic E-state index is 0.139. The molecule has 2 nitrogen and oxygen atoms in total. The lowest BCUT2D eigenvalue weighted by molar-refractivity contribution is 0.101. The predicted octanol–water partition coefficient (Wildman–Crippen LogP) is 5.08. The number of benzene rings is 1. The molecule has 0 bridgehead atoms. The second-order valence-electron chi connectivity index (χ2n) is 5.50. The maximum absolute atomic E-state index is 11.3. The molecular weight excluding hydrogens is 246 g/mol. The third-order valence-corrected chi connectivity index (χ3v) is 3.70. The van der Waals surface area contributed by atoms with Crippen molar-refractivity contribution in [3.05, 3.63) is 29.8 Å². The van der Waals surface area contributed by atoms with E-state index in [1.165, 1.54) is 44.2 Å². The molecule has 0 atom stereocenters. The van der Waals surface area contributed by atoms with E-state index in [2.05, 4.69) is 30.9 Å². The summed E-state index contributed by atoms with van der Waals surface area (Å²) in [5.74, 6) is 0.139. The Balaban J connectivity index is 2.66. The number of ketones is 1. The highest BCUT2D eigenvalue weighted by Crippen LogP contribution is 2.17. The smallest absolute Gasteiger partial charge is 0.159 e. The van der Waals surface area contributed by atoms with Crippen molar-refractivity contribution in [2.45, 2.75) is 59.3 Å². The highest BCUT2D eigenvalue weighted by molar-refractivity contribution is 5.94. The second-order valence-corrected chi connectivity index (χ2v) is 5.50. The zero-order valence-corrected chi connectivity index (χ0v) is 13.3. The molecule has 0 amide bonds. The Hall–Kier alpha value is -1.31. The number of rotatable bonds is 10. The first-order valence-corrected chi connectivity index (χ1v) is 8.05. The van der Waals surface area contributed by atoms with Crippen LogP contribution in [0.25, 0.3) is 0 Å². The van der Waals surface area contributed by atoms with Gasteiger partial charge in [-0.15, -0.1) is 0 Å². The van der Waals surface area contributed by atoms with Crippen LogP contribution in [0.3, 0.4) is 0 Å². The van der Waals surface area contributed by atoms with Crippen LogP contribution in [0.5, 0.6) is 0 Å².